The summed E-state index contributed by atoms with van der Waals surface area (Å²) in [7, 11) is 0. The first-order valence-corrected chi connectivity index (χ1v) is 9.08. The summed E-state index contributed by atoms with van der Waals surface area (Å²) >= 11 is 20.3. The van der Waals surface area contributed by atoms with Gasteiger partial charge in [0.2, 0.25) is 0 Å². The minimum absolute atomic E-state index is 0.0593. The van der Waals surface area contributed by atoms with Gasteiger partial charge < -0.3 is 5.11 Å². The number of thiocarbonyl (C=S) groups is 1. The Morgan fingerprint density at radius 3 is 2.62 bits per heavy atom. The maximum Gasteiger partial charge on any atom is 0.270 e. The van der Waals surface area contributed by atoms with Crippen molar-refractivity contribution in [1.82, 2.24) is 5.32 Å². The lowest BCUT2D eigenvalue weighted by atomic mass is 10.1. The smallest absolute Gasteiger partial charge is 0.270 e. The van der Waals surface area contributed by atoms with E-state index in [0.717, 1.165) is 4.90 Å². The van der Waals surface area contributed by atoms with Gasteiger partial charge in [-0.3, -0.25) is 19.8 Å². The van der Waals surface area contributed by atoms with Gasteiger partial charge in [-0.2, -0.15) is 0 Å². The molecule has 0 unspecified atom stereocenters. The van der Waals surface area contributed by atoms with E-state index in [0.29, 0.717) is 15.2 Å². The molecule has 2 aromatic carbocycles. The molecule has 1 heterocycles. The molecule has 2 N–H and O–H groups in total. The zero-order chi connectivity index (χ0) is 19.0. The molecule has 0 saturated carbocycles. The van der Waals surface area contributed by atoms with Gasteiger partial charge in [0.25, 0.3) is 11.8 Å². The van der Waals surface area contributed by atoms with Gasteiger partial charge in [0.05, 0.1) is 10.7 Å². The number of hydrogen-bond acceptors (Lipinski definition) is 4. The maximum absolute atomic E-state index is 12.9. The van der Waals surface area contributed by atoms with Crippen LogP contribution in [0.2, 0.25) is 10.0 Å². The normalized spacial score (nSPS) is 16.2. The van der Waals surface area contributed by atoms with Gasteiger partial charge in [0, 0.05) is 15.1 Å². The third-order valence-electron chi connectivity index (χ3n) is 3.53. The average molecular weight is 472 g/mol. The maximum atomic E-state index is 12.9. The standard InChI is InChI=1S/C17H9BrCl2N2O3S/c18-9-4-8(14(23)13(20)6-9)5-12-15(24)21-17(26)22(16(12)25)11-3-1-2-10(19)7-11/h1-7,23H,(H,21,24,26)/b12-5+. The molecule has 2 amide bonds. The van der Waals surface area contributed by atoms with Crippen molar-refractivity contribution in [3.8, 4) is 5.75 Å². The van der Waals surface area contributed by atoms with Gasteiger partial charge in [0.15, 0.2) is 5.11 Å². The highest BCUT2D eigenvalue weighted by Crippen LogP contribution is 2.33. The van der Waals surface area contributed by atoms with E-state index >= 15 is 0 Å². The number of hydrogen-bond donors (Lipinski definition) is 2. The van der Waals surface area contributed by atoms with Crippen LogP contribution in [-0.4, -0.2) is 22.0 Å². The summed E-state index contributed by atoms with van der Waals surface area (Å²) < 4.78 is 0.582. The van der Waals surface area contributed by atoms with Gasteiger partial charge >= 0.3 is 0 Å². The summed E-state index contributed by atoms with van der Waals surface area (Å²) in [5.74, 6) is -1.56. The molecule has 0 spiro atoms. The quantitative estimate of drug-likeness (QED) is 0.389. The number of amides is 2. The largest absolute Gasteiger partial charge is 0.506 e. The lowest BCUT2D eigenvalue weighted by Gasteiger charge is -2.29. The number of nitrogens with zero attached hydrogens (tertiary/aromatic N) is 1. The Hall–Kier alpha value is -1.93. The van der Waals surface area contributed by atoms with E-state index in [9.17, 15) is 14.7 Å². The number of halogens is 3. The Bertz CT molecular complexity index is 994. The fourth-order valence-corrected chi connectivity index (χ4v) is 3.66. The Balaban J connectivity index is 2.09. The molecule has 0 radical (unpaired) electrons. The second-order valence-corrected chi connectivity index (χ2v) is 7.41. The molecule has 3 rings (SSSR count). The summed E-state index contributed by atoms with van der Waals surface area (Å²) in [6.07, 6.45) is 1.25. The number of benzene rings is 2. The van der Waals surface area contributed by atoms with Crippen molar-refractivity contribution >= 4 is 80.0 Å². The van der Waals surface area contributed by atoms with Crippen molar-refractivity contribution in [3.63, 3.8) is 0 Å². The minimum atomic E-state index is -0.672. The zero-order valence-electron chi connectivity index (χ0n) is 12.8. The molecule has 1 aliphatic heterocycles. The Morgan fingerprint density at radius 1 is 1.19 bits per heavy atom. The third kappa shape index (κ3) is 3.61. The molecule has 1 saturated heterocycles. The van der Waals surface area contributed by atoms with Gasteiger partial charge in [0.1, 0.15) is 11.3 Å². The second kappa shape index (κ2) is 7.36. The van der Waals surface area contributed by atoms with E-state index in [4.69, 9.17) is 35.4 Å². The summed E-state index contributed by atoms with van der Waals surface area (Å²) in [5.41, 5.74) is 0.416. The van der Waals surface area contributed by atoms with Crippen LogP contribution in [0.4, 0.5) is 5.69 Å². The highest BCUT2D eigenvalue weighted by atomic mass is 79.9. The SMILES string of the molecule is O=C1NC(=S)N(c2cccc(Cl)c2)C(=O)/C1=C/c1cc(Br)cc(Cl)c1O. The number of aromatic hydroxyl groups is 1. The zero-order valence-corrected chi connectivity index (χ0v) is 16.7. The van der Waals surface area contributed by atoms with E-state index in [-0.39, 0.29) is 27.0 Å². The third-order valence-corrected chi connectivity index (χ3v) is 4.79. The van der Waals surface area contributed by atoms with Crippen LogP contribution in [0.3, 0.4) is 0 Å². The topological polar surface area (TPSA) is 69.6 Å². The number of anilines is 1. The Labute approximate surface area is 172 Å². The number of nitrogens with one attached hydrogen (secondary N) is 1. The molecular weight excluding hydrogens is 463 g/mol. The molecule has 1 aliphatic rings. The first-order valence-electron chi connectivity index (χ1n) is 7.13. The lowest BCUT2D eigenvalue weighted by molar-refractivity contribution is -0.122. The van der Waals surface area contributed by atoms with Crippen LogP contribution in [0, 0.1) is 0 Å². The van der Waals surface area contributed by atoms with Crippen LogP contribution in [-0.2, 0) is 9.59 Å². The van der Waals surface area contributed by atoms with Crippen molar-refractivity contribution in [2.75, 3.05) is 4.90 Å². The lowest BCUT2D eigenvalue weighted by Crippen LogP contribution is -2.54. The Kier molecular flexibility index (Phi) is 5.34. The highest BCUT2D eigenvalue weighted by molar-refractivity contribution is 9.10. The monoisotopic (exact) mass is 470 g/mol. The van der Waals surface area contributed by atoms with Gasteiger partial charge in [-0.15, -0.1) is 0 Å². The molecule has 132 valence electrons. The van der Waals surface area contributed by atoms with Crippen LogP contribution in [0.1, 0.15) is 5.56 Å². The van der Waals surface area contributed by atoms with Crippen molar-refractivity contribution < 1.29 is 14.7 Å². The number of carbonyl (C=O) groups excluding carboxylic acids is 2. The average Bonchev–Trinajstić information content (AvgIpc) is 2.55. The van der Waals surface area contributed by atoms with E-state index in [2.05, 4.69) is 21.2 Å². The fourth-order valence-electron chi connectivity index (χ4n) is 2.36. The van der Waals surface area contributed by atoms with Crippen LogP contribution in [0.15, 0.2) is 46.4 Å². The van der Waals surface area contributed by atoms with Gasteiger partial charge in [-0.25, -0.2) is 0 Å². The van der Waals surface area contributed by atoms with Crippen LogP contribution >= 0.6 is 51.3 Å². The molecular formula is C17H9BrCl2N2O3S. The molecule has 0 atom stereocenters. The van der Waals surface area contributed by atoms with Gasteiger partial charge in [-0.05, 0) is 48.6 Å². The van der Waals surface area contributed by atoms with E-state index in [1.165, 1.54) is 18.2 Å². The Morgan fingerprint density at radius 2 is 1.92 bits per heavy atom. The number of carbonyl (C=O) groups is 2. The summed E-state index contributed by atoms with van der Waals surface area (Å²) in [6, 6.07) is 9.53. The van der Waals surface area contributed by atoms with Crippen LogP contribution in [0.5, 0.6) is 5.75 Å². The molecule has 1 fully saturated rings. The minimum Gasteiger partial charge on any atom is -0.506 e. The first kappa shape index (κ1) is 18.8. The molecule has 9 heteroatoms. The highest BCUT2D eigenvalue weighted by Gasteiger charge is 2.34. The fraction of sp³-hybridized carbons (Fsp3) is 0. The van der Waals surface area contributed by atoms with Crippen molar-refractivity contribution in [3.05, 3.63) is 62.1 Å². The summed E-state index contributed by atoms with van der Waals surface area (Å²) in [4.78, 5) is 26.3. The summed E-state index contributed by atoms with van der Waals surface area (Å²) in [6.45, 7) is 0. The molecule has 26 heavy (non-hydrogen) atoms. The molecule has 0 bridgehead atoms. The van der Waals surface area contributed by atoms with Crippen LogP contribution in [0.25, 0.3) is 6.08 Å². The van der Waals surface area contributed by atoms with Crippen molar-refractivity contribution in [2.24, 2.45) is 0 Å². The molecule has 5 nitrogen and oxygen atoms in total. The number of rotatable bonds is 2. The molecule has 0 aromatic heterocycles. The van der Waals surface area contributed by atoms with Crippen molar-refractivity contribution in [1.29, 1.82) is 0 Å². The molecule has 0 aliphatic carbocycles. The second-order valence-electron chi connectivity index (χ2n) is 5.26. The summed E-state index contributed by atoms with van der Waals surface area (Å²) in [5, 5.41) is 13.0. The predicted octanol–water partition coefficient (Wildman–Crippen LogP) is 4.29. The molecule has 2 aromatic rings. The number of phenolic OH excluding ortho intramolecular Hbond substituents is 1. The van der Waals surface area contributed by atoms with Crippen LogP contribution < -0.4 is 10.2 Å². The van der Waals surface area contributed by atoms with Gasteiger partial charge in [-0.1, -0.05) is 45.2 Å². The van der Waals surface area contributed by atoms with E-state index in [1.807, 2.05) is 0 Å². The van der Waals surface area contributed by atoms with E-state index in [1.54, 1.807) is 24.3 Å². The van der Waals surface area contributed by atoms with Crippen molar-refractivity contribution in [2.45, 2.75) is 0 Å². The predicted molar refractivity (Wildman–Crippen MR) is 108 cm³/mol. The first-order chi connectivity index (χ1) is 12.3. The number of phenols is 1. The van der Waals surface area contributed by atoms with E-state index < -0.39 is 11.8 Å².